The Morgan fingerprint density at radius 2 is 0.759 bits per heavy atom. The number of rotatable bonds is 3. The molecule has 0 aromatic heterocycles. The summed E-state index contributed by atoms with van der Waals surface area (Å²) in [5, 5.41) is 7.72. The quantitative estimate of drug-likeness (QED) is 0.162. The van der Waals surface area contributed by atoms with Crippen LogP contribution in [0.4, 0.5) is 0 Å². The molecule has 0 bridgehead atoms. The minimum Gasteiger partial charge on any atom is -0.0619 e. The Balaban J connectivity index is 1.12. The number of hydrogen-bond donors (Lipinski definition) is 0. The molecular weight excluding hydrogens is 649 g/mol. The molecule has 2 aliphatic rings. The summed E-state index contributed by atoms with van der Waals surface area (Å²) in [4.78, 5) is 0. The Labute approximate surface area is 317 Å². The van der Waals surface area contributed by atoms with Gasteiger partial charge in [0.1, 0.15) is 0 Å². The molecule has 0 nitrogen and oxygen atoms in total. The molecule has 54 heavy (non-hydrogen) atoms. The third-order valence-electron chi connectivity index (χ3n) is 12.8. The summed E-state index contributed by atoms with van der Waals surface area (Å²) in [6.45, 7) is 9.51. The largest absolute Gasteiger partial charge is 0.0619 e. The lowest BCUT2D eigenvalue weighted by molar-refractivity contribution is 0.660. The van der Waals surface area contributed by atoms with Crippen LogP contribution in [0.25, 0.3) is 88.0 Å². The lowest BCUT2D eigenvalue weighted by atomic mass is 9.80. The number of benzene rings is 9. The Kier molecular flexibility index (Phi) is 6.46. The summed E-state index contributed by atoms with van der Waals surface area (Å²) < 4.78 is 0. The van der Waals surface area contributed by atoms with E-state index in [1.165, 1.54) is 110 Å². The van der Waals surface area contributed by atoms with Crippen molar-refractivity contribution in [1.29, 1.82) is 0 Å². The Morgan fingerprint density at radius 1 is 0.278 bits per heavy atom. The summed E-state index contributed by atoms with van der Waals surface area (Å²) in [5.41, 5.74) is 18.6. The van der Waals surface area contributed by atoms with Crippen molar-refractivity contribution in [2.45, 2.75) is 38.5 Å². The van der Waals surface area contributed by atoms with Gasteiger partial charge in [-0.2, -0.15) is 0 Å². The van der Waals surface area contributed by atoms with Gasteiger partial charge >= 0.3 is 0 Å². The highest BCUT2D eigenvalue weighted by Gasteiger charge is 2.38. The van der Waals surface area contributed by atoms with Crippen LogP contribution in [0, 0.1) is 0 Å². The zero-order valence-electron chi connectivity index (χ0n) is 31.2. The van der Waals surface area contributed by atoms with Gasteiger partial charge in [-0.1, -0.05) is 173 Å². The summed E-state index contributed by atoms with van der Waals surface area (Å²) in [5.74, 6) is 0. The van der Waals surface area contributed by atoms with E-state index in [1.54, 1.807) is 0 Å². The molecule has 11 rings (SSSR count). The highest BCUT2D eigenvalue weighted by atomic mass is 14.4. The molecule has 2 aliphatic carbocycles. The van der Waals surface area contributed by atoms with Crippen molar-refractivity contribution in [3.8, 4) is 55.6 Å². The topological polar surface area (TPSA) is 0 Å². The van der Waals surface area contributed by atoms with Crippen molar-refractivity contribution in [3.63, 3.8) is 0 Å². The van der Waals surface area contributed by atoms with Crippen molar-refractivity contribution in [1.82, 2.24) is 0 Å². The second-order valence-electron chi connectivity index (χ2n) is 16.5. The molecule has 0 heteroatoms. The van der Waals surface area contributed by atoms with Crippen molar-refractivity contribution >= 4 is 32.3 Å². The van der Waals surface area contributed by atoms with Gasteiger partial charge in [0, 0.05) is 10.8 Å². The normalized spacial score (nSPS) is 14.6. The monoisotopic (exact) mass is 688 g/mol. The SMILES string of the molecule is CC1(C)c2ccccc2-c2ccc(-c3c4ccccc4c(-c4cccc(-c5cccc6c5-c5cc7ccccc7cc5C6(C)C)c4)c4ccccc34)cc21. The van der Waals surface area contributed by atoms with Crippen LogP contribution in [-0.4, -0.2) is 0 Å². The molecule has 0 fully saturated rings. The number of fused-ring (bicyclic) bond motifs is 9. The second kappa shape index (κ2) is 11.1. The molecule has 9 aromatic rings. The zero-order chi connectivity index (χ0) is 36.3. The molecule has 0 saturated carbocycles. The highest BCUT2D eigenvalue weighted by molar-refractivity contribution is 6.21. The Hall–Kier alpha value is -6.24. The molecule has 0 amide bonds. The molecule has 0 radical (unpaired) electrons. The Morgan fingerprint density at radius 3 is 1.46 bits per heavy atom. The fourth-order valence-electron chi connectivity index (χ4n) is 10.2. The predicted molar refractivity (Wildman–Crippen MR) is 230 cm³/mol. The molecule has 0 saturated heterocycles. The average Bonchev–Trinajstić information content (AvgIpc) is 3.57. The first-order valence-electron chi connectivity index (χ1n) is 19.3. The zero-order valence-corrected chi connectivity index (χ0v) is 31.2. The van der Waals surface area contributed by atoms with Gasteiger partial charge in [-0.15, -0.1) is 0 Å². The van der Waals surface area contributed by atoms with E-state index in [0.29, 0.717) is 0 Å². The van der Waals surface area contributed by atoms with E-state index in [0.717, 1.165) is 0 Å². The molecule has 0 atom stereocenters. The maximum Gasteiger partial charge on any atom is 0.0159 e. The average molecular weight is 689 g/mol. The molecular formula is C54H40. The van der Waals surface area contributed by atoms with Gasteiger partial charge in [0.25, 0.3) is 0 Å². The van der Waals surface area contributed by atoms with E-state index in [-0.39, 0.29) is 10.8 Å². The molecule has 0 spiro atoms. The van der Waals surface area contributed by atoms with E-state index >= 15 is 0 Å². The molecule has 0 aliphatic heterocycles. The third-order valence-corrected chi connectivity index (χ3v) is 12.8. The summed E-state index contributed by atoms with van der Waals surface area (Å²) in [7, 11) is 0. The lowest BCUT2D eigenvalue weighted by Gasteiger charge is -2.23. The van der Waals surface area contributed by atoms with Crippen molar-refractivity contribution in [2.75, 3.05) is 0 Å². The van der Waals surface area contributed by atoms with Crippen LogP contribution in [0.5, 0.6) is 0 Å². The summed E-state index contributed by atoms with van der Waals surface area (Å²) >= 11 is 0. The first-order chi connectivity index (χ1) is 26.3. The van der Waals surface area contributed by atoms with Gasteiger partial charge in [0.15, 0.2) is 0 Å². The van der Waals surface area contributed by atoms with Gasteiger partial charge in [-0.05, 0) is 134 Å². The van der Waals surface area contributed by atoms with Gasteiger partial charge < -0.3 is 0 Å². The van der Waals surface area contributed by atoms with E-state index < -0.39 is 0 Å². The lowest BCUT2D eigenvalue weighted by Crippen LogP contribution is -2.14. The number of hydrogen-bond acceptors (Lipinski definition) is 0. The van der Waals surface area contributed by atoms with Crippen LogP contribution >= 0.6 is 0 Å². The van der Waals surface area contributed by atoms with Gasteiger partial charge in [0.05, 0.1) is 0 Å². The highest BCUT2D eigenvalue weighted by Crippen LogP contribution is 2.54. The first kappa shape index (κ1) is 31.3. The second-order valence-corrected chi connectivity index (χ2v) is 16.5. The van der Waals surface area contributed by atoms with Gasteiger partial charge in [-0.3, -0.25) is 0 Å². The van der Waals surface area contributed by atoms with Crippen LogP contribution in [0.3, 0.4) is 0 Å². The smallest absolute Gasteiger partial charge is 0.0159 e. The van der Waals surface area contributed by atoms with Crippen LogP contribution in [0.1, 0.15) is 49.9 Å². The molecule has 0 unspecified atom stereocenters. The van der Waals surface area contributed by atoms with E-state index in [2.05, 4.69) is 198 Å². The third kappa shape index (κ3) is 4.26. The van der Waals surface area contributed by atoms with Gasteiger partial charge in [-0.25, -0.2) is 0 Å². The predicted octanol–water partition coefficient (Wildman–Crippen LogP) is 14.8. The van der Waals surface area contributed by atoms with E-state index in [1.807, 2.05) is 0 Å². The minimum absolute atomic E-state index is 0.0611. The van der Waals surface area contributed by atoms with Gasteiger partial charge in [0.2, 0.25) is 0 Å². The summed E-state index contributed by atoms with van der Waals surface area (Å²) in [6.07, 6.45) is 0. The van der Waals surface area contributed by atoms with Crippen molar-refractivity contribution in [3.05, 3.63) is 192 Å². The van der Waals surface area contributed by atoms with Crippen LogP contribution in [-0.2, 0) is 10.8 Å². The molecule has 0 heterocycles. The maximum absolute atomic E-state index is 2.47. The Bertz CT molecular complexity index is 2990. The summed E-state index contributed by atoms with van der Waals surface area (Å²) in [6, 6.07) is 64.0. The molecule has 256 valence electrons. The van der Waals surface area contributed by atoms with E-state index in [9.17, 15) is 0 Å². The van der Waals surface area contributed by atoms with Crippen molar-refractivity contribution < 1.29 is 0 Å². The fourth-order valence-corrected chi connectivity index (χ4v) is 10.2. The molecule has 0 N–H and O–H groups in total. The fraction of sp³-hybridized carbons (Fsp3) is 0.111. The standard InChI is InChI=1S/C54H40/c1-53(2)46-25-12-11-19-39(46)40-28-27-37(32-48(40)53)51-43-22-9-7-20-41(43)50(42-21-8-10-23-44(42)51)36-18-13-17-35(29-36)38-24-14-26-47-52(38)45-30-33-15-5-6-16-34(33)31-49(45)54(47,3)4/h5-32H,1-4H3. The van der Waals surface area contributed by atoms with Crippen LogP contribution in [0.15, 0.2) is 170 Å². The van der Waals surface area contributed by atoms with Crippen LogP contribution in [0.2, 0.25) is 0 Å². The first-order valence-corrected chi connectivity index (χ1v) is 19.3. The van der Waals surface area contributed by atoms with Crippen LogP contribution < -0.4 is 0 Å². The van der Waals surface area contributed by atoms with E-state index in [4.69, 9.17) is 0 Å². The van der Waals surface area contributed by atoms with Crippen molar-refractivity contribution in [2.24, 2.45) is 0 Å². The minimum atomic E-state index is -0.0832. The molecule has 9 aromatic carbocycles. The maximum atomic E-state index is 2.47.